The topological polar surface area (TPSA) is 56.0 Å². The second-order valence-corrected chi connectivity index (χ2v) is 4.93. The smallest absolute Gasteiger partial charge is 0.248 e. The summed E-state index contributed by atoms with van der Waals surface area (Å²) in [5, 5.41) is 2.58. The lowest BCUT2D eigenvalue weighted by atomic mass is 9.99. The average Bonchev–Trinajstić information content (AvgIpc) is 2.47. The Bertz CT molecular complexity index is 801. The highest BCUT2D eigenvalue weighted by atomic mass is 35.5. The number of hydrogen-bond acceptors (Lipinski definition) is 2. The molecule has 0 atom stereocenters. The standard InChI is InChI=1S/C16H11ClN2O.ClH/c17-13-5-3-10(4-6-13)15-9-19-8-12-2-1-11(16(18)20)7-14(12)15;/h1-9H,(H2,18,20);1H. The van der Waals surface area contributed by atoms with Crippen LogP contribution in [0.5, 0.6) is 0 Å². The van der Waals surface area contributed by atoms with E-state index in [4.69, 9.17) is 17.3 Å². The van der Waals surface area contributed by atoms with Gasteiger partial charge in [-0.15, -0.1) is 12.4 Å². The van der Waals surface area contributed by atoms with E-state index in [-0.39, 0.29) is 12.4 Å². The van der Waals surface area contributed by atoms with Crippen molar-refractivity contribution in [3.63, 3.8) is 0 Å². The Morgan fingerprint density at radius 3 is 2.43 bits per heavy atom. The first-order chi connectivity index (χ1) is 9.65. The van der Waals surface area contributed by atoms with Gasteiger partial charge < -0.3 is 5.73 Å². The molecule has 0 spiro atoms. The molecule has 0 bridgehead atoms. The minimum atomic E-state index is -0.439. The molecule has 21 heavy (non-hydrogen) atoms. The van der Waals surface area contributed by atoms with Gasteiger partial charge in [0, 0.05) is 33.9 Å². The van der Waals surface area contributed by atoms with E-state index in [0.717, 1.165) is 21.9 Å². The molecular formula is C16H12Cl2N2O. The molecule has 3 aromatic rings. The maximum atomic E-state index is 11.3. The van der Waals surface area contributed by atoms with E-state index in [2.05, 4.69) is 4.98 Å². The lowest BCUT2D eigenvalue weighted by Crippen LogP contribution is -2.10. The predicted octanol–water partition coefficient (Wildman–Crippen LogP) is 4.08. The highest BCUT2D eigenvalue weighted by molar-refractivity contribution is 6.30. The van der Waals surface area contributed by atoms with Crippen molar-refractivity contribution < 1.29 is 4.79 Å². The van der Waals surface area contributed by atoms with Crippen LogP contribution in [0, 0.1) is 0 Å². The minimum absolute atomic E-state index is 0. The summed E-state index contributed by atoms with van der Waals surface area (Å²) in [5.74, 6) is -0.439. The van der Waals surface area contributed by atoms with Crippen molar-refractivity contribution in [2.75, 3.05) is 0 Å². The monoisotopic (exact) mass is 318 g/mol. The van der Waals surface area contributed by atoms with Crippen LogP contribution in [0.3, 0.4) is 0 Å². The number of pyridine rings is 1. The summed E-state index contributed by atoms with van der Waals surface area (Å²) in [4.78, 5) is 15.6. The number of aromatic nitrogens is 1. The van der Waals surface area contributed by atoms with E-state index in [1.807, 2.05) is 30.3 Å². The zero-order chi connectivity index (χ0) is 14.1. The number of hydrogen-bond donors (Lipinski definition) is 1. The third-order valence-corrected chi connectivity index (χ3v) is 3.45. The SMILES string of the molecule is Cl.NC(=O)c1ccc2cncc(-c3ccc(Cl)cc3)c2c1. The van der Waals surface area contributed by atoms with E-state index in [1.165, 1.54) is 0 Å². The summed E-state index contributed by atoms with van der Waals surface area (Å²) in [6.07, 6.45) is 3.54. The fourth-order valence-electron chi connectivity index (χ4n) is 2.18. The largest absolute Gasteiger partial charge is 0.366 e. The zero-order valence-corrected chi connectivity index (χ0v) is 12.5. The maximum absolute atomic E-state index is 11.3. The Balaban J connectivity index is 0.00000161. The third-order valence-electron chi connectivity index (χ3n) is 3.20. The van der Waals surface area contributed by atoms with Gasteiger partial charge in [0.05, 0.1) is 0 Å². The molecule has 0 unspecified atom stereocenters. The molecule has 0 saturated carbocycles. The molecule has 3 nitrogen and oxygen atoms in total. The molecule has 1 heterocycles. The molecule has 2 aromatic carbocycles. The van der Waals surface area contributed by atoms with Gasteiger partial charge in [0.1, 0.15) is 0 Å². The summed E-state index contributed by atoms with van der Waals surface area (Å²) in [7, 11) is 0. The number of nitrogens with two attached hydrogens (primary N) is 1. The molecule has 0 aliphatic carbocycles. The van der Waals surface area contributed by atoms with Crippen molar-refractivity contribution in [3.05, 3.63) is 65.4 Å². The van der Waals surface area contributed by atoms with Crippen molar-refractivity contribution in [1.82, 2.24) is 4.98 Å². The van der Waals surface area contributed by atoms with Gasteiger partial charge in [-0.2, -0.15) is 0 Å². The van der Waals surface area contributed by atoms with Gasteiger partial charge in [0.15, 0.2) is 0 Å². The fourth-order valence-corrected chi connectivity index (χ4v) is 2.30. The molecule has 106 valence electrons. The number of primary amides is 1. The molecular weight excluding hydrogens is 307 g/mol. The fraction of sp³-hybridized carbons (Fsp3) is 0. The molecule has 1 amide bonds. The first-order valence-corrected chi connectivity index (χ1v) is 6.46. The number of fused-ring (bicyclic) bond motifs is 1. The minimum Gasteiger partial charge on any atom is -0.366 e. The van der Waals surface area contributed by atoms with Crippen molar-refractivity contribution in [2.24, 2.45) is 5.73 Å². The first-order valence-electron chi connectivity index (χ1n) is 6.08. The quantitative estimate of drug-likeness (QED) is 0.774. The Kier molecular flexibility index (Phi) is 4.46. The van der Waals surface area contributed by atoms with Crippen molar-refractivity contribution in [3.8, 4) is 11.1 Å². The third kappa shape index (κ3) is 2.99. The second-order valence-electron chi connectivity index (χ2n) is 4.49. The van der Waals surface area contributed by atoms with Gasteiger partial charge in [-0.3, -0.25) is 9.78 Å². The number of nitrogens with zero attached hydrogens (tertiary/aromatic N) is 1. The second kappa shape index (κ2) is 6.12. The van der Waals surface area contributed by atoms with Crippen molar-refractivity contribution in [2.45, 2.75) is 0 Å². The number of carbonyl (C=O) groups is 1. The van der Waals surface area contributed by atoms with Crippen LogP contribution in [0.1, 0.15) is 10.4 Å². The first kappa shape index (κ1) is 15.3. The summed E-state index contributed by atoms with van der Waals surface area (Å²) in [6.45, 7) is 0. The van der Waals surface area contributed by atoms with Crippen LogP contribution in [-0.4, -0.2) is 10.9 Å². The normalized spacial score (nSPS) is 10.1. The zero-order valence-electron chi connectivity index (χ0n) is 10.9. The number of carbonyl (C=O) groups excluding carboxylic acids is 1. The summed E-state index contributed by atoms with van der Waals surface area (Å²) in [5.41, 5.74) is 7.77. The highest BCUT2D eigenvalue weighted by Gasteiger charge is 2.07. The number of amides is 1. The molecule has 0 fully saturated rings. The van der Waals surface area contributed by atoms with E-state index in [9.17, 15) is 4.79 Å². The van der Waals surface area contributed by atoms with Crippen LogP contribution in [-0.2, 0) is 0 Å². The molecule has 0 radical (unpaired) electrons. The Hall–Kier alpha value is -2.10. The molecule has 0 saturated heterocycles. The van der Waals surface area contributed by atoms with Crippen LogP contribution in [0.15, 0.2) is 54.9 Å². The van der Waals surface area contributed by atoms with Gasteiger partial charge in [-0.1, -0.05) is 29.8 Å². The van der Waals surface area contributed by atoms with Gasteiger partial charge in [-0.05, 0) is 35.2 Å². The van der Waals surface area contributed by atoms with E-state index in [0.29, 0.717) is 10.6 Å². The van der Waals surface area contributed by atoms with E-state index >= 15 is 0 Å². The summed E-state index contributed by atoms with van der Waals surface area (Å²) < 4.78 is 0. The summed E-state index contributed by atoms with van der Waals surface area (Å²) in [6, 6.07) is 12.9. The summed E-state index contributed by atoms with van der Waals surface area (Å²) >= 11 is 5.91. The van der Waals surface area contributed by atoms with Crippen molar-refractivity contribution >= 4 is 40.7 Å². The van der Waals surface area contributed by atoms with Crippen molar-refractivity contribution in [1.29, 1.82) is 0 Å². The van der Waals surface area contributed by atoms with E-state index < -0.39 is 5.91 Å². The van der Waals surface area contributed by atoms with Gasteiger partial charge >= 0.3 is 0 Å². The van der Waals surface area contributed by atoms with Gasteiger partial charge in [-0.25, -0.2) is 0 Å². The Morgan fingerprint density at radius 2 is 1.76 bits per heavy atom. The molecule has 1 aromatic heterocycles. The molecule has 5 heteroatoms. The number of benzene rings is 2. The molecule has 0 aliphatic heterocycles. The van der Waals surface area contributed by atoms with Gasteiger partial charge in [0.2, 0.25) is 5.91 Å². The maximum Gasteiger partial charge on any atom is 0.248 e. The molecule has 2 N–H and O–H groups in total. The number of halogens is 2. The van der Waals surface area contributed by atoms with Crippen LogP contribution in [0.25, 0.3) is 21.9 Å². The predicted molar refractivity (Wildman–Crippen MR) is 88.0 cm³/mol. The van der Waals surface area contributed by atoms with E-state index in [1.54, 1.807) is 24.5 Å². The lowest BCUT2D eigenvalue weighted by Gasteiger charge is -2.07. The molecule has 0 aliphatic rings. The Morgan fingerprint density at radius 1 is 1.05 bits per heavy atom. The van der Waals surface area contributed by atoms with Crippen LogP contribution in [0.2, 0.25) is 5.02 Å². The lowest BCUT2D eigenvalue weighted by molar-refractivity contribution is 0.100. The van der Waals surface area contributed by atoms with Crippen LogP contribution in [0.4, 0.5) is 0 Å². The average molecular weight is 319 g/mol. The van der Waals surface area contributed by atoms with Gasteiger partial charge in [0.25, 0.3) is 0 Å². The van der Waals surface area contributed by atoms with Crippen LogP contribution >= 0.6 is 24.0 Å². The van der Waals surface area contributed by atoms with Crippen LogP contribution < -0.4 is 5.73 Å². The highest BCUT2D eigenvalue weighted by Crippen LogP contribution is 2.29. The number of rotatable bonds is 2. The Labute approximate surface area is 133 Å². The molecule has 3 rings (SSSR count).